The van der Waals surface area contributed by atoms with Crippen LogP contribution in [-0.2, 0) is 17.8 Å². The third-order valence-electron chi connectivity index (χ3n) is 6.22. The third kappa shape index (κ3) is 5.47. The SMILES string of the molecule is CCOc1ccccc1CNC(=O)[C@H]1CCCN(c2ccc(=O)n(-c3ccc(CC)cc3)n2)C1. The summed E-state index contributed by atoms with van der Waals surface area (Å²) in [6, 6.07) is 18.9. The molecule has 1 fully saturated rings. The van der Waals surface area contributed by atoms with Crippen LogP contribution in [0.5, 0.6) is 5.75 Å². The van der Waals surface area contributed by atoms with E-state index in [2.05, 4.69) is 22.2 Å². The summed E-state index contributed by atoms with van der Waals surface area (Å²) in [5.41, 5.74) is 2.74. The molecule has 0 bridgehead atoms. The van der Waals surface area contributed by atoms with Crippen LogP contribution >= 0.6 is 0 Å². The molecular formula is C27H32N4O3. The molecule has 7 heteroatoms. The number of aryl methyl sites for hydroxylation is 1. The molecule has 1 aliphatic heterocycles. The Morgan fingerprint density at radius 1 is 1.09 bits per heavy atom. The number of nitrogens with one attached hydrogen (secondary N) is 1. The van der Waals surface area contributed by atoms with E-state index >= 15 is 0 Å². The molecular weight excluding hydrogens is 428 g/mol. The van der Waals surface area contributed by atoms with Crippen molar-refractivity contribution < 1.29 is 9.53 Å². The van der Waals surface area contributed by atoms with Gasteiger partial charge in [0, 0.05) is 31.3 Å². The van der Waals surface area contributed by atoms with Crippen LogP contribution in [-0.4, -0.2) is 35.4 Å². The molecule has 0 saturated carbocycles. The fraction of sp³-hybridized carbons (Fsp3) is 0.370. The average molecular weight is 461 g/mol. The summed E-state index contributed by atoms with van der Waals surface area (Å²) in [5.74, 6) is 1.39. The minimum Gasteiger partial charge on any atom is -0.494 e. The Morgan fingerprint density at radius 2 is 1.88 bits per heavy atom. The van der Waals surface area contributed by atoms with Crippen molar-refractivity contribution in [2.45, 2.75) is 39.7 Å². The molecule has 1 amide bonds. The molecule has 1 aromatic heterocycles. The van der Waals surface area contributed by atoms with Crippen molar-refractivity contribution >= 4 is 11.7 Å². The number of carbonyl (C=O) groups excluding carboxylic acids is 1. The Kier molecular flexibility index (Phi) is 7.62. The highest BCUT2D eigenvalue weighted by molar-refractivity contribution is 5.79. The Balaban J connectivity index is 1.44. The van der Waals surface area contributed by atoms with E-state index in [9.17, 15) is 9.59 Å². The summed E-state index contributed by atoms with van der Waals surface area (Å²) < 4.78 is 7.10. The Morgan fingerprint density at radius 3 is 2.65 bits per heavy atom. The van der Waals surface area contributed by atoms with Crippen molar-refractivity contribution in [3.05, 3.63) is 82.1 Å². The van der Waals surface area contributed by atoms with Gasteiger partial charge in [-0.3, -0.25) is 9.59 Å². The van der Waals surface area contributed by atoms with Gasteiger partial charge >= 0.3 is 0 Å². The fourth-order valence-electron chi connectivity index (χ4n) is 4.30. The highest BCUT2D eigenvalue weighted by atomic mass is 16.5. The molecule has 0 unspecified atom stereocenters. The quantitative estimate of drug-likeness (QED) is 0.554. The summed E-state index contributed by atoms with van der Waals surface area (Å²) in [5, 5.41) is 7.70. The lowest BCUT2D eigenvalue weighted by atomic mass is 9.97. The molecule has 3 aromatic rings. The van der Waals surface area contributed by atoms with Gasteiger partial charge in [0.05, 0.1) is 18.2 Å². The lowest BCUT2D eigenvalue weighted by molar-refractivity contribution is -0.125. The first kappa shape index (κ1) is 23.5. The number of aromatic nitrogens is 2. The maximum absolute atomic E-state index is 13.0. The van der Waals surface area contributed by atoms with Gasteiger partial charge in [0.1, 0.15) is 11.6 Å². The van der Waals surface area contributed by atoms with Crippen molar-refractivity contribution in [3.63, 3.8) is 0 Å². The molecule has 0 radical (unpaired) electrons. The van der Waals surface area contributed by atoms with Gasteiger partial charge < -0.3 is 15.0 Å². The second-order valence-corrected chi connectivity index (χ2v) is 8.51. The molecule has 1 N–H and O–H groups in total. The first-order chi connectivity index (χ1) is 16.6. The molecule has 2 aromatic carbocycles. The summed E-state index contributed by atoms with van der Waals surface area (Å²) in [7, 11) is 0. The van der Waals surface area contributed by atoms with Gasteiger partial charge in [-0.15, -0.1) is 5.10 Å². The lowest BCUT2D eigenvalue weighted by Crippen LogP contribution is -2.43. The van der Waals surface area contributed by atoms with E-state index in [1.807, 2.05) is 55.5 Å². The van der Waals surface area contributed by atoms with Crippen molar-refractivity contribution in [1.29, 1.82) is 0 Å². The number of para-hydroxylation sites is 1. The Bertz CT molecular complexity index is 1170. The van der Waals surface area contributed by atoms with E-state index in [4.69, 9.17) is 4.74 Å². The van der Waals surface area contributed by atoms with Gasteiger partial charge in [0.25, 0.3) is 5.56 Å². The number of hydrogen-bond donors (Lipinski definition) is 1. The first-order valence-electron chi connectivity index (χ1n) is 12.0. The van der Waals surface area contributed by atoms with E-state index in [0.29, 0.717) is 25.5 Å². The zero-order chi connectivity index (χ0) is 23.9. The predicted molar refractivity (Wildman–Crippen MR) is 134 cm³/mol. The molecule has 0 spiro atoms. The normalized spacial score (nSPS) is 15.7. The van der Waals surface area contributed by atoms with E-state index in [0.717, 1.165) is 42.8 Å². The van der Waals surface area contributed by atoms with Gasteiger partial charge in [-0.05, 0) is 56.0 Å². The topological polar surface area (TPSA) is 76.5 Å². The number of nitrogens with zero attached hydrogens (tertiary/aromatic N) is 3. The van der Waals surface area contributed by atoms with E-state index < -0.39 is 0 Å². The smallest absolute Gasteiger partial charge is 0.271 e. The van der Waals surface area contributed by atoms with Gasteiger partial charge in [-0.25, -0.2) is 0 Å². The number of carbonyl (C=O) groups is 1. The number of benzene rings is 2. The molecule has 178 valence electrons. The molecule has 34 heavy (non-hydrogen) atoms. The second-order valence-electron chi connectivity index (χ2n) is 8.51. The lowest BCUT2D eigenvalue weighted by Gasteiger charge is -2.33. The van der Waals surface area contributed by atoms with Gasteiger partial charge in [0.2, 0.25) is 5.91 Å². The molecule has 4 rings (SSSR count). The van der Waals surface area contributed by atoms with Crippen molar-refractivity contribution in [2.24, 2.45) is 5.92 Å². The number of rotatable bonds is 8. The highest BCUT2D eigenvalue weighted by Gasteiger charge is 2.27. The number of hydrogen-bond acceptors (Lipinski definition) is 5. The van der Waals surface area contributed by atoms with Gasteiger partial charge in [-0.1, -0.05) is 37.3 Å². The maximum Gasteiger partial charge on any atom is 0.271 e. The summed E-state index contributed by atoms with van der Waals surface area (Å²) >= 11 is 0. The zero-order valence-corrected chi connectivity index (χ0v) is 19.9. The van der Waals surface area contributed by atoms with Crippen LogP contribution in [0.1, 0.15) is 37.8 Å². The fourth-order valence-corrected chi connectivity index (χ4v) is 4.30. The minimum atomic E-state index is -0.174. The van der Waals surface area contributed by atoms with Crippen molar-refractivity contribution in [3.8, 4) is 11.4 Å². The van der Waals surface area contributed by atoms with Crippen LogP contribution in [0.4, 0.5) is 5.82 Å². The molecule has 0 aliphatic carbocycles. The minimum absolute atomic E-state index is 0.0273. The molecule has 1 aliphatic rings. The van der Waals surface area contributed by atoms with Gasteiger partial charge in [-0.2, -0.15) is 4.68 Å². The number of amides is 1. The van der Waals surface area contributed by atoms with Crippen LogP contribution in [0.25, 0.3) is 5.69 Å². The third-order valence-corrected chi connectivity index (χ3v) is 6.22. The maximum atomic E-state index is 13.0. The summed E-state index contributed by atoms with van der Waals surface area (Å²) in [6.07, 6.45) is 2.66. The van der Waals surface area contributed by atoms with Crippen LogP contribution in [0, 0.1) is 5.92 Å². The zero-order valence-electron chi connectivity index (χ0n) is 19.9. The predicted octanol–water partition coefficient (Wildman–Crippen LogP) is 3.73. The summed E-state index contributed by atoms with van der Waals surface area (Å²) in [6.45, 7) is 6.43. The molecule has 7 nitrogen and oxygen atoms in total. The van der Waals surface area contributed by atoms with Crippen LogP contribution < -0.4 is 20.5 Å². The largest absolute Gasteiger partial charge is 0.494 e. The average Bonchev–Trinajstić information content (AvgIpc) is 2.88. The monoisotopic (exact) mass is 460 g/mol. The Hall–Kier alpha value is -3.61. The van der Waals surface area contributed by atoms with Crippen molar-refractivity contribution in [2.75, 3.05) is 24.6 Å². The van der Waals surface area contributed by atoms with Crippen LogP contribution in [0.2, 0.25) is 0 Å². The number of anilines is 1. The van der Waals surface area contributed by atoms with Crippen LogP contribution in [0.15, 0.2) is 65.5 Å². The van der Waals surface area contributed by atoms with E-state index in [1.165, 1.54) is 10.2 Å². The standard InChI is InChI=1S/C27H32N4O3/c1-3-20-11-13-23(14-12-20)31-26(32)16-15-25(29-31)30-17-7-9-22(19-30)27(33)28-18-21-8-5-6-10-24(21)34-4-2/h5-6,8,10-16,22H,3-4,7,9,17-19H2,1-2H3,(H,28,33)/t22-/m0/s1. The van der Waals surface area contributed by atoms with Crippen molar-refractivity contribution in [1.82, 2.24) is 15.1 Å². The van der Waals surface area contributed by atoms with E-state index in [-0.39, 0.29) is 17.4 Å². The first-order valence-corrected chi connectivity index (χ1v) is 12.0. The summed E-state index contributed by atoms with van der Waals surface area (Å²) in [4.78, 5) is 27.5. The van der Waals surface area contributed by atoms with Crippen LogP contribution in [0.3, 0.4) is 0 Å². The highest BCUT2D eigenvalue weighted by Crippen LogP contribution is 2.23. The number of ether oxygens (including phenoxy) is 1. The van der Waals surface area contributed by atoms with Gasteiger partial charge in [0.15, 0.2) is 0 Å². The molecule has 1 atom stereocenters. The molecule has 1 saturated heterocycles. The second kappa shape index (κ2) is 11.0. The Labute approximate surface area is 200 Å². The van der Waals surface area contributed by atoms with E-state index in [1.54, 1.807) is 12.1 Å². The number of piperidine rings is 1. The molecule has 2 heterocycles.